The maximum Gasteiger partial charge on any atom is 0.338 e. The van der Waals surface area contributed by atoms with E-state index in [-0.39, 0.29) is 10.00 Å². The summed E-state index contributed by atoms with van der Waals surface area (Å²) in [6, 6.07) is 13.5. The summed E-state index contributed by atoms with van der Waals surface area (Å²) in [6.45, 7) is 4.12. The van der Waals surface area contributed by atoms with Gasteiger partial charge in [0.2, 0.25) is 0 Å². The van der Waals surface area contributed by atoms with Gasteiger partial charge in [0.15, 0.2) is 0 Å². The van der Waals surface area contributed by atoms with Gasteiger partial charge in [-0.1, -0.05) is 29.6 Å². The number of para-hydroxylation sites is 1. The van der Waals surface area contributed by atoms with E-state index in [1.165, 1.54) is 24.3 Å². The SMILES string of the molecule is CCCOC(=O)c1ccc(C)c(-c2ccc(C(=O)N(F)c3ccccc3F)s2)c1. The van der Waals surface area contributed by atoms with Crippen LogP contribution in [0.4, 0.5) is 14.6 Å². The highest BCUT2D eigenvalue weighted by atomic mass is 32.1. The third kappa shape index (κ3) is 4.51. The van der Waals surface area contributed by atoms with Crippen LogP contribution in [0.5, 0.6) is 0 Å². The Morgan fingerprint density at radius 3 is 2.59 bits per heavy atom. The zero-order valence-corrected chi connectivity index (χ0v) is 16.8. The highest BCUT2D eigenvalue weighted by Crippen LogP contribution is 2.33. The fraction of sp³-hybridized carbons (Fsp3) is 0.182. The highest BCUT2D eigenvalue weighted by Gasteiger charge is 2.22. The van der Waals surface area contributed by atoms with Gasteiger partial charge in [0, 0.05) is 4.88 Å². The lowest BCUT2D eigenvalue weighted by molar-refractivity contribution is 0.0505. The van der Waals surface area contributed by atoms with Crippen LogP contribution in [0.3, 0.4) is 0 Å². The van der Waals surface area contributed by atoms with E-state index >= 15 is 0 Å². The van der Waals surface area contributed by atoms with Crippen molar-refractivity contribution in [2.24, 2.45) is 0 Å². The summed E-state index contributed by atoms with van der Waals surface area (Å²) in [7, 11) is 0. The third-order valence-corrected chi connectivity index (χ3v) is 5.34. The molecule has 1 amide bonds. The molecule has 0 saturated heterocycles. The molecule has 4 nitrogen and oxygen atoms in total. The van der Waals surface area contributed by atoms with E-state index < -0.39 is 23.4 Å². The molecule has 0 unspecified atom stereocenters. The number of hydrogen-bond acceptors (Lipinski definition) is 4. The zero-order chi connectivity index (χ0) is 21.0. The topological polar surface area (TPSA) is 46.6 Å². The minimum atomic E-state index is -0.956. The molecule has 0 saturated carbocycles. The molecule has 0 aliphatic heterocycles. The van der Waals surface area contributed by atoms with Crippen LogP contribution in [0.25, 0.3) is 10.4 Å². The van der Waals surface area contributed by atoms with Crippen LogP contribution < -0.4 is 5.12 Å². The van der Waals surface area contributed by atoms with E-state index in [0.29, 0.717) is 17.0 Å². The average molecular weight is 415 g/mol. The summed E-state index contributed by atoms with van der Waals surface area (Å²) in [4.78, 5) is 25.4. The van der Waals surface area contributed by atoms with Crippen molar-refractivity contribution in [3.8, 4) is 10.4 Å². The third-order valence-electron chi connectivity index (χ3n) is 4.24. The van der Waals surface area contributed by atoms with Crippen LogP contribution in [0.1, 0.15) is 38.9 Å². The molecule has 1 heterocycles. The molecule has 3 aromatic rings. The first-order valence-electron chi connectivity index (χ1n) is 9.05. The molecule has 150 valence electrons. The molecule has 0 fully saturated rings. The lowest BCUT2D eigenvalue weighted by Crippen LogP contribution is -2.21. The zero-order valence-electron chi connectivity index (χ0n) is 15.9. The summed E-state index contributed by atoms with van der Waals surface area (Å²) in [5, 5.41) is -0.198. The lowest BCUT2D eigenvalue weighted by atomic mass is 10.0. The maximum atomic E-state index is 14.4. The summed E-state index contributed by atoms with van der Waals surface area (Å²) < 4.78 is 33.4. The number of carbonyl (C=O) groups excluding carboxylic acids is 2. The molecule has 0 spiro atoms. The number of hydrogen-bond donors (Lipinski definition) is 0. The van der Waals surface area contributed by atoms with Gasteiger partial charge in [0.05, 0.1) is 17.0 Å². The van der Waals surface area contributed by atoms with Crippen LogP contribution in [0.15, 0.2) is 54.6 Å². The first-order valence-corrected chi connectivity index (χ1v) is 9.86. The normalized spacial score (nSPS) is 10.6. The van der Waals surface area contributed by atoms with Gasteiger partial charge in [-0.2, -0.15) is 0 Å². The van der Waals surface area contributed by atoms with Gasteiger partial charge < -0.3 is 4.74 Å². The second-order valence-electron chi connectivity index (χ2n) is 6.37. The number of thiophene rings is 1. The van der Waals surface area contributed by atoms with Crippen LogP contribution in [-0.2, 0) is 4.74 Å². The molecule has 1 aromatic heterocycles. The number of aryl methyl sites for hydroxylation is 1. The number of carbonyl (C=O) groups is 2. The largest absolute Gasteiger partial charge is 0.462 e. The second kappa shape index (κ2) is 8.96. The van der Waals surface area contributed by atoms with Gasteiger partial charge >= 0.3 is 5.97 Å². The molecular formula is C22H19F2NO3S. The molecule has 2 aromatic carbocycles. The number of esters is 1. The van der Waals surface area contributed by atoms with Gasteiger partial charge in [-0.05, 0) is 60.9 Å². The Balaban J connectivity index is 1.87. The second-order valence-corrected chi connectivity index (χ2v) is 7.45. The quantitative estimate of drug-likeness (QED) is 0.369. The Morgan fingerprint density at radius 2 is 1.86 bits per heavy atom. The molecule has 0 bridgehead atoms. The first-order chi connectivity index (χ1) is 13.9. The summed E-state index contributed by atoms with van der Waals surface area (Å²) in [6.07, 6.45) is 0.725. The number of amides is 1. The van der Waals surface area contributed by atoms with Crippen molar-refractivity contribution < 1.29 is 23.2 Å². The Morgan fingerprint density at radius 1 is 1.10 bits per heavy atom. The van der Waals surface area contributed by atoms with Crippen molar-refractivity contribution in [3.05, 3.63) is 76.4 Å². The van der Waals surface area contributed by atoms with E-state index in [1.807, 2.05) is 13.8 Å². The molecule has 0 radical (unpaired) electrons. The van der Waals surface area contributed by atoms with Crippen LogP contribution in [0, 0.1) is 12.7 Å². The number of nitrogens with zero attached hydrogens (tertiary/aromatic N) is 1. The number of anilines is 1. The fourth-order valence-corrected chi connectivity index (χ4v) is 3.71. The van der Waals surface area contributed by atoms with E-state index in [9.17, 15) is 18.5 Å². The summed E-state index contributed by atoms with van der Waals surface area (Å²) in [5.41, 5.74) is 1.60. The Hall–Kier alpha value is -3.06. The molecule has 0 atom stereocenters. The van der Waals surface area contributed by atoms with Crippen molar-refractivity contribution in [3.63, 3.8) is 0 Å². The van der Waals surface area contributed by atoms with E-state index in [1.54, 1.807) is 24.3 Å². The lowest BCUT2D eigenvalue weighted by Gasteiger charge is -2.11. The van der Waals surface area contributed by atoms with E-state index in [2.05, 4.69) is 0 Å². The van der Waals surface area contributed by atoms with Gasteiger partial charge in [-0.25, -0.2) is 9.18 Å². The Bertz CT molecular complexity index is 1050. The van der Waals surface area contributed by atoms with Crippen LogP contribution >= 0.6 is 11.3 Å². The maximum absolute atomic E-state index is 14.4. The Labute approximate surface area is 171 Å². The summed E-state index contributed by atoms with van der Waals surface area (Å²) in [5.74, 6) is -2.20. The molecule has 3 rings (SSSR count). The number of halogens is 2. The molecule has 7 heteroatoms. The van der Waals surface area contributed by atoms with Crippen molar-refractivity contribution in [1.82, 2.24) is 0 Å². The number of rotatable bonds is 6. The smallest absolute Gasteiger partial charge is 0.338 e. The minimum Gasteiger partial charge on any atom is -0.462 e. The van der Waals surface area contributed by atoms with Crippen molar-refractivity contribution in [2.45, 2.75) is 20.3 Å². The average Bonchev–Trinajstić information content (AvgIpc) is 3.21. The first kappa shape index (κ1) is 20.7. The minimum absolute atomic E-state index is 0.115. The van der Waals surface area contributed by atoms with E-state index in [4.69, 9.17) is 4.74 Å². The van der Waals surface area contributed by atoms with E-state index in [0.717, 1.165) is 35.0 Å². The molecule has 0 aliphatic rings. The van der Waals surface area contributed by atoms with Crippen molar-refractivity contribution in [2.75, 3.05) is 11.7 Å². The van der Waals surface area contributed by atoms with Crippen molar-refractivity contribution in [1.29, 1.82) is 0 Å². The van der Waals surface area contributed by atoms with Crippen LogP contribution in [-0.4, -0.2) is 18.5 Å². The number of benzene rings is 2. The molecular weight excluding hydrogens is 396 g/mol. The predicted octanol–water partition coefficient (Wildman–Crippen LogP) is 5.96. The molecule has 29 heavy (non-hydrogen) atoms. The highest BCUT2D eigenvalue weighted by molar-refractivity contribution is 7.17. The standard InChI is InChI=1S/C22H19F2NO3S/c1-3-12-28-22(27)15-9-8-14(2)16(13-15)19-10-11-20(29-19)21(26)25(24)18-7-5-4-6-17(18)23/h4-11,13H,3,12H2,1-2H3. The molecule has 0 aliphatic carbocycles. The fourth-order valence-electron chi connectivity index (χ4n) is 2.71. The number of ether oxygens (including phenoxy) is 1. The Kier molecular flexibility index (Phi) is 6.39. The van der Waals surface area contributed by atoms with Crippen molar-refractivity contribution >= 4 is 28.9 Å². The van der Waals surface area contributed by atoms with Gasteiger partial charge in [0.1, 0.15) is 11.5 Å². The van der Waals surface area contributed by atoms with Gasteiger partial charge in [-0.15, -0.1) is 16.5 Å². The predicted molar refractivity (Wildman–Crippen MR) is 109 cm³/mol. The summed E-state index contributed by atoms with van der Waals surface area (Å²) >= 11 is 1.07. The monoisotopic (exact) mass is 415 g/mol. The van der Waals surface area contributed by atoms with Gasteiger partial charge in [0.25, 0.3) is 5.91 Å². The van der Waals surface area contributed by atoms with Crippen LogP contribution in [0.2, 0.25) is 0 Å². The molecule has 0 N–H and O–H groups in total. The van der Waals surface area contributed by atoms with Gasteiger partial charge in [-0.3, -0.25) is 4.79 Å².